The maximum Gasteiger partial charge on any atom is 0.407 e. The van der Waals surface area contributed by atoms with Crippen molar-refractivity contribution in [2.45, 2.75) is 53.6 Å². The van der Waals surface area contributed by atoms with Crippen LogP contribution in [0.15, 0.2) is 24.3 Å². The van der Waals surface area contributed by atoms with Crippen LogP contribution in [0.25, 0.3) is 0 Å². The molecule has 0 aromatic heterocycles. The second-order valence-electron chi connectivity index (χ2n) is 7.69. The molecule has 0 spiro atoms. The quantitative estimate of drug-likeness (QED) is 0.840. The number of hydrogen-bond donors (Lipinski definition) is 2. The number of carbonyl (C=O) groups excluding carboxylic acids is 1. The summed E-state index contributed by atoms with van der Waals surface area (Å²) in [6, 6.07) is 8.30. The van der Waals surface area contributed by atoms with Gasteiger partial charge in [0.15, 0.2) is 0 Å². The molecule has 0 saturated carbocycles. The normalized spacial score (nSPS) is 14.4. The Bertz CT molecular complexity index is 502. The third-order valence-electron chi connectivity index (χ3n) is 4.20. The maximum atomic E-state index is 11.9. The van der Waals surface area contributed by atoms with Gasteiger partial charge in [-0.3, -0.25) is 0 Å². The molecule has 23 heavy (non-hydrogen) atoms. The number of alkyl carbamates (subject to hydrolysis) is 1. The molecule has 130 valence electrons. The van der Waals surface area contributed by atoms with Gasteiger partial charge in [-0.05, 0) is 45.6 Å². The third-order valence-corrected chi connectivity index (χ3v) is 4.20. The number of amides is 1. The van der Waals surface area contributed by atoms with Crippen molar-refractivity contribution < 1.29 is 14.6 Å². The highest BCUT2D eigenvalue weighted by molar-refractivity contribution is 5.67. The van der Waals surface area contributed by atoms with E-state index in [-0.39, 0.29) is 12.5 Å². The number of rotatable bonds is 6. The van der Waals surface area contributed by atoms with Gasteiger partial charge in [-0.25, -0.2) is 4.79 Å². The van der Waals surface area contributed by atoms with Crippen molar-refractivity contribution in [3.8, 4) is 0 Å². The summed E-state index contributed by atoms with van der Waals surface area (Å²) in [5, 5.41) is 12.8. The van der Waals surface area contributed by atoms with Crippen molar-refractivity contribution in [2.24, 2.45) is 11.3 Å². The van der Waals surface area contributed by atoms with Gasteiger partial charge in [-0.1, -0.05) is 43.7 Å². The molecule has 1 aromatic rings. The fourth-order valence-electron chi connectivity index (χ4n) is 2.44. The molecule has 0 fully saturated rings. The molecule has 4 heteroatoms. The summed E-state index contributed by atoms with van der Waals surface area (Å²) in [6.07, 6.45) is 0.261. The molecule has 0 heterocycles. The molecule has 1 amide bonds. The standard InChI is InChI=1S/C19H31NO3/c1-14(2)19(13-21,11-16-9-7-15(3)8-10-16)12-20-17(22)23-18(4,5)6/h7-10,14,21H,11-13H2,1-6H3,(H,20,22). The zero-order valence-corrected chi connectivity index (χ0v) is 15.3. The highest BCUT2D eigenvalue weighted by atomic mass is 16.6. The summed E-state index contributed by atoms with van der Waals surface area (Å²) in [6.45, 7) is 12.1. The van der Waals surface area contributed by atoms with Crippen LogP contribution < -0.4 is 5.32 Å². The highest BCUT2D eigenvalue weighted by Gasteiger charge is 2.34. The average molecular weight is 321 g/mol. The van der Waals surface area contributed by atoms with Crippen molar-refractivity contribution in [2.75, 3.05) is 13.2 Å². The minimum atomic E-state index is -0.527. The lowest BCUT2D eigenvalue weighted by molar-refractivity contribution is 0.0394. The fraction of sp³-hybridized carbons (Fsp3) is 0.632. The van der Waals surface area contributed by atoms with Gasteiger partial charge in [0.25, 0.3) is 0 Å². The zero-order valence-electron chi connectivity index (χ0n) is 15.3. The minimum absolute atomic E-state index is 0.00827. The van der Waals surface area contributed by atoms with Gasteiger partial charge in [-0.2, -0.15) is 0 Å². The average Bonchev–Trinajstić information content (AvgIpc) is 2.43. The summed E-state index contributed by atoms with van der Waals surface area (Å²) in [5.74, 6) is 0.212. The van der Waals surface area contributed by atoms with Crippen LogP contribution in [0.5, 0.6) is 0 Å². The van der Waals surface area contributed by atoms with E-state index in [2.05, 4.69) is 50.4 Å². The minimum Gasteiger partial charge on any atom is -0.444 e. The van der Waals surface area contributed by atoms with Gasteiger partial charge in [0, 0.05) is 12.0 Å². The van der Waals surface area contributed by atoms with Crippen LogP contribution in [0.1, 0.15) is 45.7 Å². The van der Waals surface area contributed by atoms with Crippen molar-refractivity contribution in [1.29, 1.82) is 0 Å². The number of carbonyl (C=O) groups is 1. The summed E-state index contributed by atoms with van der Waals surface area (Å²) in [4.78, 5) is 11.9. The Kier molecular flexibility index (Phi) is 6.63. The molecular formula is C19H31NO3. The SMILES string of the molecule is Cc1ccc(CC(CO)(CNC(=O)OC(C)(C)C)C(C)C)cc1. The summed E-state index contributed by atoms with van der Waals surface area (Å²) >= 11 is 0. The predicted octanol–water partition coefficient (Wildman–Crippen LogP) is 3.70. The first-order valence-electron chi connectivity index (χ1n) is 8.21. The maximum absolute atomic E-state index is 11.9. The number of hydrogen-bond acceptors (Lipinski definition) is 3. The van der Waals surface area contributed by atoms with E-state index in [4.69, 9.17) is 4.74 Å². The van der Waals surface area contributed by atoms with E-state index in [0.29, 0.717) is 13.0 Å². The number of nitrogens with one attached hydrogen (secondary N) is 1. The lowest BCUT2D eigenvalue weighted by Gasteiger charge is -2.36. The molecular weight excluding hydrogens is 290 g/mol. The van der Waals surface area contributed by atoms with E-state index in [1.165, 1.54) is 5.56 Å². The van der Waals surface area contributed by atoms with Gasteiger partial charge >= 0.3 is 6.09 Å². The molecule has 0 saturated heterocycles. The zero-order chi connectivity index (χ0) is 17.7. The van der Waals surface area contributed by atoms with Gasteiger partial charge in [-0.15, -0.1) is 0 Å². The van der Waals surface area contributed by atoms with Crippen LogP contribution in [0.4, 0.5) is 4.79 Å². The van der Waals surface area contributed by atoms with Crippen molar-refractivity contribution in [3.63, 3.8) is 0 Å². The van der Waals surface area contributed by atoms with E-state index in [1.807, 2.05) is 20.8 Å². The van der Waals surface area contributed by atoms with E-state index >= 15 is 0 Å². The van der Waals surface area contributed by atoms with Crippen LogP contribution in [0.2, 0.25) is 0 Å². The van der Waals surface area contributed by atoms with Crippen molar-refractivity contribution in [1.82, 2.24) is 5.32 Å². The predicted molar refractivity (Wildman–Crippen MR) is 93.5 cm³/mol. The molecule has 0 aliphatic heterocycles. The lowest BCUT2D eigenvalue weighted by Crippen LogP contribution is -2.46. The van der Waals surface area contributed by atoms with Crippen LogP contribution in [0.3, 0.4) is 0 Å². The van der Waals surface area contributed by atoms with Crippen LogP contribution in [0, 0.1) is 18.3 Å². The highest BCUT2D eigenvalue weighted by Crippen LogP contribution is 2.31. The molecule has 0 aliphatic carbocycles. The second-order valence-corrected chi connectivity index (χ2v) is 7.69. The Morgan fingerprint density at radius 3 is 2.22 bits per heavy atom. The van der Waals surface area contributed by atoms with Crippen molar-refractivity contribution >= 4 is 6.09 Å². The first-order valence-corrected chi connectivity index (χ1v) is 8.21. The van der Waals surface area contributed by atoms with E-state index in [9.17, 15) is 9.90 Å². The molecule has 1 unspecified atom stereocenters. The number of aliphatic hydroxyl groups is 1. The summed E-state index contributed by atoms with van der Waals surface area (Å²) in [7, 11) is 0. The van der Waals surface area contributed by atoms with E-state index < -0.39 is 17.1 Å². The number of aryl methyl sites for hydroxylation is 1. The van der Waals surface area contributed by atoms with Gasteiger partial charge in [0.1, 0.15) is 5.60 Å². The molecule has 1 atom stereocenters. The molecule has 1 aromatic carbocycles. The van der Waals surface area contributed by atoms with Gasteiger partial charge in [0.2, 0.25) is 0 Å². The first-order chi connectivity index (χ1) is 10.6. The number of aliphatic hydroxyl groups excluding tert-OH is 1. The van der Waals surface area contributed by atoms with Gasteiger partial charge in [0.05, 0.1) is 6.61 Å². The molecule has 2 N–H and O–H groups in total. The molecule has 0 radical (unpaired) electrons. The Labute approximate surface area is 140 Å². The van der Waals surface area contributed by atoms with Crippen LogP contribution >= 0.6 is 0 Å². The topological polar surface area (TPSA) is 58.6 Å². The van der Waals surface area contributed by atoms with Crippen LogP contribution in [-0.2, 0) is 11.2 Å². The first kappa shape index (κ1) is 19.5. The monoisotopic (exact) mass is 321 g/mol. The Morgan fingerprint density at radius 1 is 1.22 bits per heavy atom. The summed E-state index contributed by atoms with van der Waals surface area (Å²) < 4.78 is 5.29. The lowest BCUT2D eigenvalue weighted by atomic mass is 9.73. The van der Waals surface area contributed by atoms with E-state index in [0.717, 1.165) is 5.56 Å². The molecule has 4 nitrogen and oxygen atoms in total. The number of ether oxygens (including phenoxy) is 1. The summed E-state index contributed by atoms with van der Waals surface area (Å²) in [5.41, 5.74) is 1.43. The van der Waals surface area contributed by atoms with Crippen molar-refractivity contribution in [3.05, 3.63) is 35.4 Å². The van der Waals surface area contributed by atoms with Gasteiger partial charge < -0.3 is 15.2 Å². The van der Waals surface area contributed by atoms with Crippen LogP contribution in [-0.4, -0.2) is 30.0 Å². The fourth-order valence-corrected chi connectivity index (χ4v) is 2.44. The third kappa shape index (κ3) is 6.22. The smallest absolute Gasteiger partial charge is 0.407 e. The van der Waals surface area contributed by atoms with E-state index in [1.54, 1.807) is 0 Å². The Hall–Kier alpha value is -1.55. The Balaban J connectivity index is 2.82. The molecule has 0 aliphatic rings. The second kappa shape index (κ2) is 7.82. The Morgan fingerprint density at radius 2 is 1.78 bits per heavy atom. The molecule has 0 bridgehead atoms. The molecule has 1 rings (SSSR count). The number of benzene rings is 1. The largest absolute Gasteiger partial charge is 0.444 e.